The van der Waals surface area contributed by atoms with E-state index in [0.717, 1.165) is 16.9 Å². The topological polar surface area (TPSA) is 55.6 Å². The summed E-state index contributed by atoms with van der Waals surface area (Å²) >= 11 is 1.51. The number of likely N-dealkylation sites (tertiary alicyclic amines) is 1. The molecule has 0 spiro atoms. The Hall–Kier alpha value is -1.85. The third-order valence-electron chi connectivity index (χ3n) is 4.85. The predicted molar refractivity (Wildman–Crippen MR) is 103 cm³/mol. The number of thiophene rings is 1. The molecule has 3 rings (SSSR count). The Kier molecular flexibility index (Phi) is 5.16. The van der Waals surface area contributed by atoms with Crippen LogP contribution in [0, 0.1) is 5.41 Å². The van der Waals surface area contributed by atoms with E-state index < -0.39 is 0 Å². The number of hydrogen-bond donors (Lipinski definition) is 1. The largest absolute Gasteiger partial charge is 0.492 e. The van der Waals surface area contributed by atoms with Crippen LogP contribution in [0.15, 0.2) is 36.4 Å². The van der Waals surface area contributed by atoms with Crippen LogP contribution < -0.4 is 10.5 Å². The van der Waals surface area contributed by atoms with E-state index in [1.54, 1.807) is 0 Å². The second kappa shape index (κ2) is 7.18. The van der Waals surface area contributed by atoms with Crippen LogP contribution in [0.25, 0.3) is 10.4 Å². The first kappa shape index (κ1) is 18.0. The van der Waals surface area contributed by atoms with Crippen LogP contribution in [-0.4, -0.2) is 36.5 Å². The molecule has 134 valence electrons. The molecule has 1 unspecified atom stereocenters. The summed E-state index contributed by atoms with van der Waals surface area (Å²) in [7, 11) is 0. The van der Waals surface area contributed by atoms with E-state index in [2.05, 4.69) is 26.0 Å². The molecule has 0 radical (unpaired) electrons. The predicted octanol–water partition coefficient (Wildman–Crippen LogP) is 4.01. The van der Waals surface area contributed by atoms with Crippen LogP contribution in [-0.2, 0) is 0 Å². The van der Waals surface area contributed by atoms with Crippen LogP contribution in [0.2, 0.25) is 0 Å². The van der Waals surface area contributed by atoms with Crippen LogP contribution in [0.5, 0.6) is 5.75 Å². The molecular weight excluding hydrogens is 332 g/mol. The van der Waals surface area contributed by atoms with Gasteiger partial charge in [0.05, 0.1) is 6.61 Å². The van der Waals surface area contributed by atoms with Gasteiger partial charge < -0.3 is 15.4 Å². The first-order valence-corrected chi connectivity index (χ1v) is 9.61. The number of carbonyl (C=O) groups excluding carboxylic acids is 1. The van der Waals surface area contributed by atoms with Crippen molar-refractivity contribution >= 4 is 17.2 Å². The van der Waals surface area contributed by atoms with Gasteiger partial charge in [-0.1, -0.05) is 44.2 Å². The average molecular weight is 359 g/mol. The standard InChI is InChI=1S/C20H26N2O2S/c1-4-24-15-12-16(14-8-6-5-7-9-14)25-18(15)19(23)22-11-10-17(21)20(2,3)13-22/h5-9,12,17H,4,10-11,13,21H2,1-3H3. The van der Waals surface area contributed by atoms with Crippen LogP contribution >= 0.6 is 11.3 Å². The number of nitrogens with two attached hydrogens (primary N) is 1. The lowest BCUT2D eigenvalue weighted by molar-refractivity contribution is 0.0534. The lowest BCUT2D eigenvalue weighted by atomic mass is 9.79. The molecule has 2 N–H and O–H groups in total. The van der Waals surface area contributed by atoms with Crippen molar-refractivity contribution < 1.29 is 9.53 Å². The van der Waals surface area contributed by atoms with Crippen molar-refractivity contribution in [3.8, 4) is 16.2 Å². The summed E-state index contributed by atoms with van der Waals surface area (Å²) < 4.78 is 5.76. The van der Waals surface area contributed by atoms with Crippen molar-refractivity contribution in [2.75, 3.05) is 19.7 Å². The summed E-state index contributed by atoms with van der Waals surface area (Å²) in [6.45, 7) is 8.12. The zero-order chi connectivity index (χ0) is 18.0. The number of nitrogens with zero attached hydrogens (tertiary/aromatic N) is 1. The first-order valence-electron chi connectivity index (χ1n) is 8.79. The zero-order valence-corrected chi connectivity index (χ0v) is 15.9. The molecule has 1 aliphatic heterocycles. The van der Waals surface area contributed by atoms with Gasteiger partial charge in [0.15, 0.2) is 0 Å². The van der Waals surface area contributed by atoms with Crippen molar-refractivity contribution in [1.29, 1.82) is 0 Å². The quantitative estimate of drug-likeness (QED) is 0.898. The molecule has 1 aromatic heterocycles. The molecule has 4 nitrogen and oxygen atoms in total. The molecule has 2 aromatic rings. The Labute approximate surface area is 153 Å². The Balaban J connectivity index is 1.90. The number of benzene rings is 1. The van der Waals surface area contributed by atoms with Crippen molar-refractivity contribution in [3.05, 3.63) is 41.3 Å². The Morgan fingerprint density at radius 3 is 2.72 bits per heavy atom. The fraction of sp³-hybridized carbons (Fsp3) is 0.450. The number of hydrogen-bond acceptors (Lipinski definition) is 4. The van der Waals surface area contributed by atoms with E-state index >= 15 is 0 Å². The van der Waals surface area contributed by atoms with Gasteiger partial charge in [-0.2, -0.15) is 0 Å². The minimum atomic E-state index is -0.0702. The summed E-state index contributed by atoms with van der Waals surface area (Å²) in [6, 6.07) is 12.2. The van der Waals surface area contributed by atoms with Gasteiger partial charge in [-0.3, -0.25) is 4.79 Å². The second-order valence-electron chi connectivity index (χ2n) is 7.21. The highest BCUT2D eigenvalue weighted by Crippen LogP contribution is 2.38. The molecule has 1 aromatic carbocycles. The van der Waals surface area contributed by atoms with E-state index in [1.165, 1.54) is 11.3 Å². The van der Waals surface area contributed by atoms with Gasteiger partial charge in [0.1, 0.15) is 10.6 Å². The zero-order valence-electron chi connectivity index (χ0n) is 15.1. The number of carbonyl (C=O) groups is 1. The Morgan fingerprint density at radius 2 is 2.08 bits per heavy atom. The molecule has 0 aliphatic carbocycles. The van der Waals surface area contributed by atoms with E-state index in [1.807, 2.05) is 36.1 Å². The molecular formula is C20H26N2O2S. The maximum atomic E-state index is 13.2. The summed E-state index contributed by atoms with van der Waals surface area (Å²) in [4.78, 5) is 16.8. The number of rotatable bonds is 4. The fourth-order valence-corrected chi connectivity index (χ4v) is 4.30. The molecule has 1 fully saturated rings. The molecule has 2 heterocycles. The van der Waals surface area contributed by atoms with Gasteiger partial charge in [-0.15, -0.1) is 11.3 Å². The molecule has 0 saturated carbocycles. The molecule has 1 amide bonds. The molecule has 5 heteroatoms. The smallest absolute Gasteiger partial charge is 0.267 e. The Morgan fingerprint density at radius 1 is 1.36 bits per heavy atom. The number of piperidine rings is 1. The summed E-state index contributed by atoms with van der Waals surface area (Å²) in [6.07, 6.45) is 0.833. The Bertz CT molecular complexity index is 739. The number of ether oxygens (including phenoxy) is 1. The number of amides is 1. The first-order chi connectivity index (χ1) is 11.9. The third-order valence-corrected chi connectivity index (χ3v) is 6.00. The highest BCUT2D eigenvalue weighted by molar-refractivity contribution is 7.17. The van der Waals surface area contributed by atoms with Gasteiger partial charge >= 0.3 is 0 Å². The van der Waals surface area contributed by atoms with Crippen molar-refractivity contribution in [1.82, 2.24) is 4.90 Å². The van der Waals surface area contributed by atoms with E-state index in [9.17, 15) is 4.79 Å². The monoisotopic (exact) mass is 358 g/mol. The van der Waals surface area contributed by atoms with Gasteiger partial charge in [0.2, 0.25) is 0 Å². The second-order valence-corrected chi connectivity index (χ2v) is 8.27. The van der Waals surface area contributed by atoms with Gasteiger partial charge in [0, 0.05) is 24.0 Å². The van der Waals surface area contributed by atoms with E-state index in [4.69, 9.17) is 10.5 Å². The van der Waals surface area contributed by atoms with Crippen LogP contribution in [0.1, 0.15) is 36.9 Å². The van der Waals surface area contributed by atoms with Gasteiger partial charge in [0.25, 0.3) is 5.91 Å². The molecule has 1 saturated heterocycles. The minimum Gasteiger partial charge on any atom is -0.492 e. The van der Waals surface area contributed by atoms with Gasteiger partial charge in [-0.25, -0.2) is 0 Å². The molecule has 25 heavy (non-hydrogen) atoms. The summed E-state index contributed by atoms with van der Waals surface area (Å²) in [5.41, 5.74) is 7.25. The van der Waals surface area contributed by atoms with Crippen LogP contribution in [0.3, 0.4) is 0 Å². The highest BCUT2D eigenvalue weighted by atomic mass is 32.1. The highest BCUT2D eigenvalue weighted by Gasteiger charge is 2.36. The fourth-order valence-electron chi connectivity index (χ4n) is 3.22. The third kappa shape index (κ3) is 3.72. The summed E-state index contributed by atoms with van der Waals surface area (Å²) in [5, 5.41) is 0. The lowest BCUT2D eigenvalue weighted by Crippen LogP contribution is -2.53. The van der Waals surface area contributed by atoms with Crippen LogP contribution in [0.4, 0.5) is 0 Å². The molecule has 1 atom stereocenters. The van der Waals surface area contributed by atoms with Gasteiger partial charge in [-0.05, 0) is 30.4 Å². The molecule has 1 aliphatic rings. The van der Waals surface area contributed by atoms with E-state index in [-0.39, 0.29) is 17.4 Å². The van der Waals surface area contributed by atoms with Crippen molar-refractivity contribution in [2.45, 2.75) is 33.2 Å². The molecule has 0 bridgehead atoms. The lowest BCUT2D eigenvalue weighted by Gasteiger charge is -2.42. The normalized spacial score (nSPS) is 19.7. The maximum Gasteiger partial charge on any atom is 0.267 e. The van der Waals surface area contributed by atoms with E-state index in [0.29, 0.717) is 30.3 Å². The average Bonchev–Trinajstić information content (AvgIpc) is 3.02. The summed E-state index contributed by atoms with van der Waals surface area (Å²) in [5.74, 6) is 0.736. The minimum absolute atomic E-state index is 0.0515. The SMILES string of the molecule is CCOc1cc(-c2ccccc2)sc1C(=O)N1CCC(N)C(C)(C)C1. The van der Waals surface area contributed by atoms with Crippen molar-refractivity contribution in [2.24, 2.45) is 11.1 Å². The maximum absolute atomic E-state index is 13.2. The van der Waals surface area contributed by atoms with Crippen molar-refractivity contribution in [3.63, 3.8) is 0 Å².